The maximum Gasteiger partial charge on any atom is 0.171 e. The molecule has 0 aromatic heterocycles. The van der Waals surface area contributed by atoms with Gasteiger partial charge < -0.3 is 18.7 Å². The first-order valence-corrected chi connectivity index (χ1v) is 22.2. The van der Waals surface area contributed by atoms with Crippen LogP contribution in [0.5, 0.6) is 5.75 Å². The minimum Gasteiger partial charge on any atom is -0.489 e. The summed E-state index contributed by atoms with van der Waals surface area (Å²) in [5, 5.41) is 10.8. The second kappa shape index (κ2) is 14.7. The molecule has 1 N–H and O–H groups in total. The Bertz CT molecular complexity index is 1410. The lowest BCUT2D eigenvalue weighted by atomic mass is 9.77. The van der Waals surface area contributed by atoms with Crippen LogP contribution in [-0.2, 0) is 15.5 Å². The Morgan fingerprint density at radius 2 is 1.24 bits per heavy atom. The number of aliphatic hydroxyl groups excluding tert-OH is 1. The van der Waals surface area contributed by atoms with Crippen molar-refractivity contribution >= 4 is 18.1 Å². The number of aryl methyl sites for hydroxylation is 1. The first-order chi connectivity index (χ1) is 20.7. The molecule has 0 spiro atoms. The summed E-state index contributed by atoms with van der Waals surface area (Å²) in [6.45, 7) is 31.4. The largest absolute Gasteiger partial charge is 0.489 e. The molecule has 4 nitrogen and oxygen atoms in total. The van der Waals surface area contributed by atoms with E-state index in [2.05, 4.69) is 138 Å². The molecular weight excluding hydrogens is 589 g/mol. The molecule has 45 heavy (non-hydrogen) atoms. The van der Waals surface area contributed by atoms with Crippen LogP contribution in [0.2, 0.25) is 26.2 Å². The first kappa shape index (κ1) is 37.2. The fraction of sp³-hybridized carbons (Fsp3) is 0.538. The fourth-order valence-electron chi connectivity index (χ4n) is 5.81. The molecule has 0 aliphatic heterocycles. The Morgan fingerprint density at radius 1 is 0.667 bits per heavy atom. The van der Waals surface area contributed by atoms with E-state index < -0.39 is 24.2 Å². The number of aliphatic hydroxyl groups is 1. The number of hydrogen-bond donors (Lipinski definition) is 1. The second-order valence-electron chi connectivity index (χ2n) is 16.5. The number of ether oxygens (including phenoxy) is 1. The summed E-state index contributed by atoms with van der Waals surface area (Å²) in [7, 11) is -2.64. The molecule has 0 aliphatic carbocycles. The van der Waals surface area contributed by atoms with Crippen molar-refractivity contribution in [2.24, 2.45) is 16.2 Å². The Labute approximate surface area is 278 Å². The summed E-state index contributed by atoms with van der Waals surface area (Å²) in [5.41, 5.74) is 7.56. The van der Waals surface area contributed by atoms with Gasteiger partial charge in [-0.1, -0.05) is 105 Å². The molecule has 3 rings (SSSR count). The molecular formula is C39H60O4Si2. The number of rotatable bonds is 11. The van der Waals surface area contributed by atoms with Crippen molar-refractivity contribution in [3.63, 3.8) is 0 Å². The van der Waals surface area contributed by atoms with Crippen LogP contribution in [0.25, 0.3) is 11.1 Å². The van der Waals surface area contributed by atoms with Gasteiger partial charge in [-0.25, -0.2) is 0 Å². The molecule has 0 aliphatic rings. The quantitative estimate of drug-likeness (QED) is 0.210. The third-order valence-corrected chi connectivity index (χ3v) is 9.68. The molecule has 0 saturated carbocycles. The summed E-state index contributed by atoms with van der Waals surface area (Å²) in [4.78, 5) is 0. The molecule has 3 aromatic carbocycles. The molecule has 3 unspecified atom stereocenters. The number of benzene rings is 3. The molecule has 0 radical (unpaired) electrons. The fourth-order valence-corrected chi connectivity index (χ4v) is 8.01. The monoisotopic (exact) mass is 648 g/mol. The topological polar surface area (TPSA) is 47.9 Å². The highest BCUT2D eigenvalue weighted by molar-refractivity contribution is 6.48. The van der Waals surface area contributed by atoms with Crippen molar-refractivity contribution in [2.45, 2.75) is 120 Å². The van der Waals surface area contributed by atoms with Gasteiger partial charge in [0.05, 0.1) is 18.3 Å². The zero-order chi connectivity index (χ0) is 33.9. The predicted molar refractivity (Wildman–Crippen MR) is 196 cm³/mol. The highest BCUT2D eigenvalue weighted by Crippen LogP contribution is 2.45. The van der Waals surface area contributed by atoms with Crippen molar-refractivity contribution < 1.29 is 18.7 Å². The zero-order valence-electron chi connectivity index (χ0n) is 30.5. The average Bonchev–Trinajstić information content (AvgIpc) is 2.91. The van der Waals surface area contributed by atoms with Gasteiger partial charge in [0, 0.05) is 0 Å². The second-order valence-corrected chi connectivity index (χ2v) is 21.2. The normalized spacial score (nSPS) is 15.0. The number of hydrogen-bond acceptors (Lipinski definition) is 4. The lowest BCUT2D eigenvalue weighted by Crippen LogP contribution is -2.31. The van der Waals surface area contributed by atoms with Gasteiger partial charge in [-0.3, -0.25) is 0 Å². The SMILES string of the molecule is Cc1cc(C(O)C(C)(C)C)ccc1-c1cccc(OCc2ccc(C(O[SiH](C)C)C(C)(C)C)c(C(O[SiH](C)C)C(C)(C)C)c2)c1. The van der Waals surface area contributed by atoms with Gasteiger partial charge in [-0.15, -0.1) is 0 Å². The van der Waals surface area contributed by atoms with Crippen molar-refractivity contribution in [1.82, 2.24) is 0 Å². The van der Waals surface area contributed by atoms with E-state index in [1.165, 1.54) is 11.1 Å². The smallest absolute Gasteiger partial charge is 0.171 e. The van der Waals surface area contributed by atoms with Gasteiger partial charge in [-0.2, -0.15) is 0 Å². The third kappa shape index (κ3) is 10.1. The maximum absolute atomic E-state index is 10.8. The van der Waals surface area contributed by atoms with Gasteiger partial charge in [-0.05, 0) is 107 Å². The van der Waals surface area contributed by atoms with Gasteiger partial charge >= 0.3 is 0 Å². The van der Waals surface area contributed by atoms with Crippen molar-refractivity contribution in [2.75, 3.05) is 0 Å². The lowest BCUT2D eigenvalue weighted by Gasteiger charge is -2.39. The minimum absolute atomic E-state index is 0.00719. The van der Waals surface area contributed by atoms with E-state index in [0.29, 0.717) is 6.61 Å². The van der Waals surface area contributed by atoms with Crippen LogP contribution < -0.4 is 4.74 Å². The first-order valence-electron chi connectivity index (χ1n) is 16.6. The van der Waals surface area contributed by atoms with Crippen LogP contribution in [0, 0.1) is 23.2 Å². The maximum atomic E-state index is 10.8. The van der Waals surface area contributed by atoms with Crippen LogP contribution in [0.3, 0.4) is 0 Å². The minimum atomic E-state index is -1.34. The molecule has 0 bridgehead atoms. The zero-order valence-corrected chi connectivity index (χ0v) is 32.8. The highest BCUT2D eigenvalue weighted by atomic mass is 28.3. The Balaban J connectivity index is 1.97. The van der Waals surface area contributed by atoms with E-state index in [9.17, 15) is 5.11 Å². The standard InChI is InChI=1S/C39H60O4Si2/c1-26-22-29(34(40)37(2,3)4)19-21-31(26)28-16-15-17-30(24-28)41-25-27-18-20-32(35(38(5,6)7)42-44(11)12)33(23-27)36(39(8,9)10)43-45(13)14/h15-24,34-36,40,44-45H,25H2,1-14H3. The van der Waals surface area contributed by atoms with Gasteiger partial charge in [0.2, 0.25) is 0 Å². The van der Waals surface area contributed by atoms with E-state index >= 15 is 0 Å². The van der Waals surface area contributed by atoms with Crippen LogP contribution in [0.15, 0.2) is 60.7 Å². The van der Waals surface area contributed by atoms with Crippen molar-refractivity contribution in [1.29, 1.82) is 0 Å². The van der Waals surface area contributed by atoms with Crippen molar-refractivity contribution in [3.05, 3.63) is 88.5 Å². The van der Waals surface area contributed by atoms with Gasteiger partial charge in [0.25, 0.3) is 0 Å². The van der Waals surface area contributed by atoms with E-state index in [1.54, 1.807) is 0 Å². The van der Waals surface area contributed by atoms with Crippen LogP contribution in [-0.4, -0.2) is 23.2 Å². The van der Waals surface area contributed by atoms with Crippen molar-refractivity contribution in [3.8, 4) is 16.9 Å². The summed E-state index contributed by atoms with van der Waals surface area (Å²) in [6, 6.07) is 21.3. The Kier molecular flexibility index (Phi) is 12.1. The van der Waals surface area contributed by atoms with Crippen LogP contribution in [0.4, 0.5) is 0 Å². The predicted octanol–water partition coefficient (Wildman–Crippen LogP) is 10.5. The summed E-state index contributed by atoms with van der Waals surface area (Å²) in [5.74, 6) is 0.830. The van der Waals surface area contributed by atoms with Crippen LogP contribution in [0.1, 0.15) is 108 Å². The summed E-state index contributed by atoms with van der Waals surface area (Å²) < 4.78 is 20.0. The Hall–Kier alpha value is -2.23. The molecule has 248 valence electrons. The summed E-state index contributed by atoms with van der Waals surface area (Å²) in [6.07, 6.45) is -0.556. The molecule has 3 atom stereocenters. The third-order valence-electron chi connectivity index (χ3n) is 8.04. The Morgan fingerprint density at radius 3 is 1.76 bits per heavy atom. The molecule has 6 heteroatoms. The lowest BCUT2D eigenvalue weighted by molar-refractivity contribution is 0.0626. The average molecular weight is 649 g/mol. The van der Waals surface area contributed by atoms with E-state index in [1.807, 2.05) is 18.2 Å². The summed E-state index contributed by atoms with van der Waals surface area (Å²) >= 11 is 0. The highest BCUT2D eigenvalue weighted by Gasteiger charge is 2.36. The molecule has 0 fully saturated rings. The molecule has 3 aromatic rings. The van der Waals surface area contributed by atoms with E-state index in [0.717, 1.165) is 33.6 Å². The molecule has 0 heterocycles. The van der Waals surface area contributed by atoms with Crippen LogP contribution >= 0.6 is 0 Å². The van der Waals surface area contributed by atoms with E-state index in [4.69, 9.17) is 13.6 Å². The van der Waals surface area contributed by atoms with Gasteiger partial charge in [0.1, 0.15) is 12.4 Å². The van der Waals surface area contributed by atoms with E-state index in [-0.39, 0.29) is 28.5 Å². The molecule has 0 amide bonds. The van der Waals surface area contributed by atoms with Gasteiger partial charge in [0.15, 0.2) is 18.1 Å². The molecule has 0 saturated heterocycles.